The van der Waals surface area contributed by atoms with Gasteiger partial charge in [-0.1, -0.05) is 24.6 Å². The SMILES string of the molecule is Cc1sc2nc(SCc3nnc4n(C)c(=O)c5sccc5n34)n(C3CCCC3)c(=O)c2c1C. The van der Waals surface area contributed by atoms with E-state index in [4.69, 9.17) is 4.98 Å². The Morgan fingerprint density at radius 2 is 1.94 bits per heavy atom. The number of aromatic nitrogens is 6. The van der Waals surface area contributed by atoms with Crippen LogP contribution in [0.4, 0.5) is 0 Å². The molecule has 5 aromatic heterocycles. The second kappa shape index (κ2) is 7.78. The standard InChI is InChI=1S/C22H22N6O2S3/c1-11-12(2)33-18-16(11)19(29)27(13-6-4-5-7-13)22(23-18)32-10-15-24-25-21-26(3)20(30)17-14(28(15)21)8-9-31-17/h8-9,13H,4-7,10H2,1-3H3. The Morgan fingerprint density at radius 1 is 1.15 bits per heavy atom. The predicted molar refractivity (Wildman–Crippen MR) is 134 cm³/mol. The van der Waals surface area contributed by atoms with Crippen molar-refractivity contribution in [2.75, 3.05) is 0 Å². The number of thiophene rings is 2. The number of thioether (sulfide) groups is 1. The van der Waals surface area contributed by atoms with Crippen molar-refractivity contribution in [2.45, 2.75) is 56.5 Å². The van der Waals surface area contributed by atoms with Gasteiger partial charge in [0, 0.05) is 18.0 Å². The van der Waals surface area contributed by atoms with Gasteiger partial charge in [-0.2, -0.15) is 0 Å². The zero-order valence-electron chi connectivity index (χ0n) is 18.5. The summed E-state index contributed by atoms with van der Waals surface area (Å²) in [5, 5.41) is 12.1. The van der Waals surface area contributed by atoms with Gasteiger partial charge in [0.1, 0.15) is 15.4 Å². The Balaban J connectivity index is 1.48. The van der Waals surface area contributed by atoms with E-state index in [0.29, 0.717) is 16.2 Å². The first-order valence-corrected chi connectivity index (χ1v) is 13.6. The summed E-state index contributed by atoms with van der Waals surface area (Å²) in [7, 11) is 1.72. The average Bonchev–Trinajstić information content (AvgIpc) is 3.58. The zero-order chi connectivity index (χ0) is 22.9. The fraction of sp³-hybridized carbons (Fsp3) is 0.409. The summed E-state index contributed by atoms with van der Waals surface area (Å²) in [4.78, 5) is 33.1. The van der Waals surface area contributed by atoms with Crippen molar-refractivity contribution in [1.82, 2.24) is 28.7 Å². The van der Waals surface area contributed by atoms with Crippen LogP contribution in [-0.2, 0) is 12.8 Å². The molecular formula is C22H22N6O2S3. The highest BCUT2D eigenvalue weighted by Gasteiger charge is 2.25. The molecule has 0 amide bonds. The van der Waals surface area contributed by atoms with Crippen molar-refractivity contribution in [3.8, 4) is 0 Å². The maximum atomic E-state index is 13.6. The molecule has 0 aromatic carbocycles. The minimum absolute atomic E-state index is 0.0651. The molecule has 0 unspecified atom stereocenters. The molecule has 0 spiro atoms. The lowest BCUT2D eigenvalue weighted by Gasteiger charge is -2.18. The van der Waals surface area contributed by atoms with Crippen LogP contribution in [0.2, 0.25) is 0 Å². The van der Waals surface area contributed by atoms with Gasteiger partial charge in [0.15, 0.2) is 5.16 Å². The van der Waals surface area contributed by atoms with Crippen LogP contribution in [0, 0.1) is 13.8 Å². The van der Waals surface area contributed by atoms with Crippen LogP contribution >= 0.6 is 34.4 Å². The van der Waals surface area contributed by atoms with E-state index in [9.17, 15) is 9.59 Å². The topological polar surface area (TPSA) is 87.1 Å². The Bertz CT molecular complexity index is 1670. The molecule has 5 aromatic rings. The molecule has 8 nitrogen and oxygen atoms in total. The molecule has 0 radical (unpaired) electrons. The highest BCUT2D eigenvalue weighted by Crippen LogP contribution is 2.35. The van der Waals surface area contributed by atoms with E-state index in [1.165, 1.54) is 27.7 Å². The first kappa shape index (κ1) is 21.1. The van der Waals surface area contributed by atoms with Gasteiger partial charge >= 0.3 is 0 Å². The molecule has 0 atom stereocenters. The molecule has 11 heteroatoms. The average molecular weight is 499 g/mol. The second-order valence-corrected chi connectivity index (χ2v) is 11.6. The van der Waals surface area contributed by atoms with Crippen LogP contribution < -0.4 is 11.1 Å². The van der Waals surface area contributed by atoms with Gasteiger partial charge in [-0.3, -0.25) is 23.1 Å². The molecule has 1 aliphatic rings. The molecule has 0 N–H and O–H groups in total. The zero-order valence-corrected chi connectivity index (χ0v) is 20.9. The summed E-state index contributed by atoms with van der Waals surface area (Å²) in [5.41, 5.74) is 1.87. The molecule has 6 rings (SSSR count). The van der Waals surface area contributed by atoms with Gasteiger partial charge in [-0.05, 0) is 43.7 Å². The smallest absolute Gasteiger partial charge is 0.272 e. The number of hydrogen-bond acceptors (Lipinski definition) is 8. The van der Waals surface area contributed by atoms with Crippen molar-refractivity contribution in [3.05, 3.63) is 48.4 Å². The van der Waals surface area contributed by atoms with E-state index in [0.717, 1.165) is 62.8 Å². The van der Waals surface area contributed by atoms with Crippen molar-refractivity contribution < 1.29 is 0 Å². The van der Waals surface area contributed by atoms with Crippen molar-refractivity contribution in [2.24, 2.45) is 7.05 Å². The van der Waals surface area contributed by atoms with Crippen molar-refractivity contribution in [1.29, 1.82) is 0 Å². The largest absolute Gasteiger partial charge is 0.284 e. The van der Waals surface area contributed by atoms with E-state index < -0.39 is 0 Å². The fourth-order valence-electron chi connectivity index (χ4n) is 4.75. The highest BCUT2D eigenvalue weighted by molar-refractivity contribution is 7.98. The Morgan fingerprint density at radius 3 is 2.73 bits per heavy atom. The summed E-state index contributed by atoms with van der Waals surface area (Å²) in [6.07, 6.45) is 4.29. The van der Waals surface area contributed by atoms with E-state index in [-0.39, 0.29) is 17.2 Å². The van der Waals surface area contributed by atoms with Gasteiger partial charge < -0.3 is 0 Å². The summed E-state index contributed by atoms with van der Waals surface area (Å²) in [6.45, 7) is 4.06. The molecule has 33 heavy (non-hydrogen) atoms. The minimum atomic E-state index is -0.0651. The van der Waals surface area contributed by atoms with Crippen LogP contribution in [0.3, 0.4) is 0 Å². The lowest BCUT2D eigenvalue weighted by molar-refractivity contribution is 0.458. The number of nitrogens with zero attached hydrogens (tertiary/aromatic N) is 6. The van der Waals surface area contributed by atoms with Crippen molar-refractivity contribution >= 4 is 60.6 Å². The van der Waals surface area contributed by atoms with Gasteiger partial charge in [0.05, 0.1) is 16.7 Å². The molecule has 1 aliphatic carbocycles. The van der Waals surface area contributed by atoms with Crippen molar-refractivity contribution in [3.63, 3.8) is 0 Å². The minimum Gasteiger partial charge on any atom is -0.284 e. The Kier molecular flexibility index (Phi) is 4.96. The summed E-state index contributed by atoms with van der Waals surface area (Å²) in [5.74, 6) is 1.75. The number of aryl methyl sites for hydroxylation is 3. The van der Waals surface area contributed by atoms with Crippen LogP contribution in [0.15, 0.2) is 26.2 Å². The number of fused-ring (bicyclic) bond motifs is 4. The lowest BCUT2D eigenvalue weighted by Crippen LogP contribution is -2.26. The molecule has 170 valence electrons. The molecule has 5 heterocycles. The van der Waals surface area contributed by atoms with E-state index >= 15 is 0 Å². The summed E-state index contributed by atoms with van der Waals surface area (Å²) < 4.78 is 6.09. The predicted octanol–water partition coefficient (Wildman–Crippen LogP) is 4.44. The van der Waals surface area contributed by atoms with Crippen LogP contribution in [0.1, 0.15) is 48.0 Å². The van der Waals surface area contributed by atoms with Gasteiger partial charge in [0.25, 0.3) is 11.1 Å². The normalized spacial score (nSPS) is 15.0. The molecule has 0 bridgehead atoms. The lowest BCUT2D eigenvalue weighted by atomic mass is 10.2. The van der Waals surface area contributed by atoms with E-state index in [1.807, 2.05) is 34.3 Å². The number of rotatable bonds is 4. The molecule has 1 saturated carbocycles. The third-order valence-electron chi connectivity index (χ3n) is 6.62. The van der Waals surface area contributed by atoms with Gasteiger partial charge in [-0.15, -0.1) is 32.9 Å². The maximum Gasteiger partial charge on any atom is 0.272 e. The summed E-state index contributed by atoms with van der Waals surface area (Å²) in [6, 6.07) is 2.12. The molecule has 0 aliphatic heterocycles. The first-order chi connectivity index (χ1) is 16.0. The number of hydrogen-bond donors (Lipinski definition) is 0. The van der Waals surface area contributed by atoms with E-state index in [1.54, 1.807) is 18.4 Å². The van der Waals surface area contributed by atoms with Crippen LogP contribution in [-0.4, -0.2) is 28.7 Å². The molecule has 0 saturated heterocycles. The molecular weight excluding hydrogens is 476 g/mol. The molecule has 1 fully saturated rings. The van der Waals surface area contributed by atoms with E-state index in [2.05, 4.69) is 10.2 Å². The third-order valence-corrected chi connectivity index (χ3v) is 9.56. The maximum absolute atomic E-state index is 13.6. The van der Waals surface area contributed by atoms with Gasteiger partial charge in [0.2, 0.25) is 5.78 Å². The quantitative estimate of drug-likeness (QED) is 0.269. The summed E-state index contributed by atoms with van der Waals surface area (Å²) >= 11 is 4.53. The van der Waals surface area contributed by atoms with Gasteiger partial charge in [-0.25, -0.2) is 4.98 Å². The first-order valence-electron chi connectivity index (χ1n) is 10.9. The second-order valence-electron chi connectivity index (χ2n) is 8.51. The fourth-order valence-corrected chi connectivity index (χ4v) is 7.65. The highest BCUT2D eigenvalue weighted by atomic mass is 32.2. The van der Waals surface area contributed by atoms with Crippen LogP contribution in [0.25, 0.3) is 26.2 Å². The third kappa shape index (κ3) is 3.12. The Hall–Kier alpha value is -2.50. The van der Waals surface area contributed by atoms with Crippen LogP contribution in [0.5, 0.6) is 0 Å². The Labute approximate surface area is 200 Å². The monoisotopic (exact) mass is 498 g/mol.